The van der Waals surface area contributed by atoms with Crippen LogP contribution in [0, 0.1) is 23.2 Å². The van der Waals surface area contributed by atoms with Gasteiger partial charge in [-0.1, -0.05) is 33.4 Å². The van der Waals surface area contributed by atoms with E-state index in [2.05, 4.69) is 6.58 Å². The van der Waals surface area contributed by atoms with Crippen molar-refractivity contribution in [1.82, 2.24) is 0 Å². The first-order valence-corrected chi connectivity index (χ1v) is 13.5. The van der Waals surface area contributed by atoms with Crippen LogP contribution in [0.5, 0.6) is 0 Å². The van der Waals surface area contributed by atoms with Crippen molar-refractivity contribution in [3.63, 3.8) is 0 Å². The third-order valence-electron chi connectivity index (χ3n) is 8.41. The highest BCUT2D eigenvalue weighted by Crippen LogP contribution is 2.56. The third-order valence-corrected chi connectivity index (χ3v) is 8.91. The van der Waals surface area contributed by atoms with Gasteiger partial charge in [0.15, 0.2) is 11.7 Å². The highest BCUT2D eigenvalue weighted by Gasteiger charge is 2.70. The number of hydrogen-bond donors (Lipinski definition) is 1. The fourth-order valence-electron chi connectivity index (χ4n) is 6.24. The molecule has 1 N–H and O–H groups in total. The largest absolute Gasteiger partial charge is 0.461 e. The van der Waals surface area contributed by atoms with Crippen molar-refractivity contribution >= 4 is 41.3 Å². The number of rotatable bonds is 5. The minimum absolute atomic E-state index is 0.0819. The Hall–Kier alpha value is -2.72. The van der Waals surface area contributed by atoms with Gasteiger partial charge in [0, 0.05) is 38.5 Å². The molecule has 0 aromatic heterocycles. The first-order valence-electron chi connectivity index (χ1n) is 13.1. The van der Waals surface area contributed by atoms with E-state index in [-0.39, 0.29) is 24.2 Å². The number of hydrogen-bond acceptors (Lipinski definition) is 10. The molecule has 1 aliphatic heterocycles. The van der Waals surface area contributed by atoms with Crippen LogP contribution in [0.15, 0.2) is 24.3 Å². The van der Waals surface area contributed by atoms with Gasteiger partial charge in [0.1, 0.15) is 24.1 Å². The van der Waals surface area contributed by atoms with E-state index in [1.807, 2.05) is 0 Å². The van der Waals surface area contributed by atoms with Crippen molar-refractivity contribution in [2.45, 2.75) is 96.2 Å². The van der Waals surface area contributed by atoms with Crippen molar-refractivity contribution in [3.05, 3.63) is 24.3 Å². The van der Waals surface area contributed by atoms with Gasteiger partial charge in [0.2, 0.25) is 0 Å². The van der Waals surface area contributed by atoms with Crippen molar-refractivity contribution in [2.24, 2.45) is 23.2 Å². The van der Waals surface area contributed by atoms with Crippen molar-refractivity contribution in [2.75, 3.05) is 0 Å². The minimum atomic E-state index is -2.22. The average Bonchev–Trinajstić information content (AvgIpc) is 3.07. The Morgan fingerprint density at radius 2 is 1.77 bits per heavy atom. The third kappa shape index (κ3) is 5.37. The summed E-state index contributed by atoms with van der Waals surface area (Å²) in [6, 6.07) is 0. The number of alkyl halides is 1. The molecular formula is C28H37ClO10. The molecule has 0 aromatic rings. The standard InChI is InChI=1S/C28H37ClO10/c1-8-9-21(33)38-20-12-18(32)14(3)22-24(37-17(6)31)28(35)15(4)26(34)39-25(28)23(29)13(2)10-11-19(27(20,22)7)36-16(5)30/h10-11,14-15,19-20,22-25,35H,2,8-9,12H2,1,3-7H3/b11-10-/t14-,15-,19-,20-,22+,23+,24-,25-,27-,28+/m0/s1. The molecule has 11 heteroatoms. The molecule has 0 spiro atoms. The lowest BCUT2D eigenvalue weighted by Gasteiger charge is -2.56. The van der Waals surface area contributed by atoms with Crippen LogP contribution in [-0.4, -0.2) is 70.2 Å². The Morgan fingerprint density at radius 3 is 2.33 bits per heavy atom. The summed E-state index contributed by atoms with van der Waals surface area (Å²) in [6.07, 6.45) is -1.84. The molecule has 0 bridgehead atoms. The van der Waals surface area contributed by atoms with Crippen LogP contribution in [0.2, 0.25) is 0 Å². The van der Waals surface area contributed by atoms with Gasteiger partial charge in [-0.05, 0) is 25.0 Å². The molecule has 1 saturated heterocycles. The van der Waals surface area contributed by atoms with E-state index in [9.17, 15) is 29.1 Å². The summed E-state index contributed by atoms with van der Waals surface area (Å²) in [5, 5.41) is 11.2. The van der Waals surface area contributed by atoms with Crippen LogP contribution in [0.1, 0.15) is 60.8 Å². The number of carbonyl (C=O) groups is 5. The molecule has 0 radical (unpaired) electrons. The predicted octanol–water partition coefficient (Wildman–Crippen LogP) is 2.82. The quantitative estimate of drug-likeness (QED) is 0.299. The molecule has 1 saturated carbocycles. The summed E-state index contributed by atoms with van der Waals surface area (Å²) in [5.41, 5.74) is -3.42. The average molecular weight is 569 g/mol. The van der Waals surface area contributed by atoms with Crippen molar-refractivity contribution in [1.29, 1.82) is 0 Å². The van der Waals surface area contributed by atoms with Gasteiger partial charge in [-0.25, -0.2) is 0 Å². The van der Waals surface area contributed by atoms with Gasteiger partial charge in [0.25, 0.3) is 0 Å². The number of aliphatic hydroxyl groups is 1. The number of halogens is 1. The first kappa shape index (κ1) is 30.8. The van der Waals surface area contributed by atoms with E-state index in [0.29, 0.717) is 6.42 Å². The molecule has 1 heterocycles. The molecule has 216 valence electrons. The maximum absolute atomic E-state index is 13.4. The molecule has 2 fully saturated rings. The second-order valence-corrected chi connectivity index (χ2v) is 11.4. The fourth-order valence-corrected chi connectivity index (χ4v) is 6.56. The highest BCUT2D eigenvalue weighted by molar-refractivity contribution is 6.23. The van der Waals surface area contributed by atoms with Crippen LogP contribution in [0.3, 0.4) is 0 Å². The molecule has 10 atom stereocenters. The topological polar surface area (TPSA) is 143 Å². The van der Waals surface area contributed by atoms with E-state index in [1.165, 1.54) is 26.0 Å². The normalized spacial score (nSPS) is 41.0. The zero-order valence-electron chi connectivity index (χ0n) is 23.1. The maximum atomic E-state index is 13.4. The van der Waals surface area contributed by atoms with E-state index in [4.69, 9.17) is 30.5 Å². The molecular weight excluding hydrogens is 532 g/mol. The van der Waals surface area contributed by atoms with Crippen LogP contribution in [0.25, 0.3) is 0 Å². The smallest absolute Gasteiger partial charge is 0.312 e. The number of ether oxygens (including phenoxy) is 4. The fraction of sp³-hybridized carbons (Fsp3) is 0.679. The van der Waals surface area contributed by atoms with Gasteiger partial charge in [-0.15, -0.1) is 11.6 Å². The second-order valence-electron chi connectivity index (χ2n) is 10.9. The summed E-state index contributed by atoms with van der Waals surface area (Å²) < 4.78 is 22.9. The summed E-state index contributed by atoms with van der Waals surface area (Å²) in [5.74, 6) is -6.36. The number of allylic oxidation sites excluding steroid dienone is 1. The van der Waals surface area contributed by atoms with Gasteiger partial charge < -0.3 is 24.1 Å². The molecule has 0 amide bonds. The van der Waals surface area contributed by atoms with Gasteiger partial charge in [0.05, 0.1) is 16.7 Å². The Labute approximate surface area is 233 Å². The Bertz CT molecular complexity index is 1080. The molecule has 3 aliphatic rings. The molecule has 10 nitrogen and oxygen atoms in total. The predicted molar refractivity (Wildman–Crippen MR) is 138 cm³/mol. The van der Waals surface area contributed by atoms with Crippen molar-refractivity contribution < 1.29 is 48.0 Å². The molecule has 2 aliphatic carbocycles. The van der Waals surface area contributed by atoms with E-state index < -0.39 is 82.4 Å². The molecule has 39 heavy (non-hydrogen) atoms. The number of fused-ring (bicyclic) bond motifs is 2. The SMILES string of the molecule is C=C1/C=C\[C@H](OC(C)=O)[C@]2(C)[C@H]([C@@H](C)C(=O)C[C@@H]2OC(=O)CCC)[C@H](OC(C)=O)[C@]2(O)[C@@H](C)C(=O)O[C@H]2[C@@H]1Cl. The van der Waals surface area contributed by atoms with E-state index in [1.54, 1.807) is 20.8 Å². The Morgan fingerprint density at radius 1 is 1.15 bits per heavy atom. The zero-order chi connectivity index (χ0) is 29.4. The Balaban J connectivity index is 2.39. The summed E-state index contributed by atoms with van der Waals surface area (Å²) in [6.45, 7) is 12.8. The molecule has 3 rings (SSSR count). The van der Waals surface area contributed by atoms with Crippen LogP contribution >= 0.6 is 11.6 Å². The van der Waals surface area contributed by atoms with Crippen LogP contribution in [-0.2, 0) is 42.9 Å². The number of Topliss-reactive ketones (excluding diaryl/α,β-unsaturated/α-hetero) is 1. The summed E-state index contributed by atoms with van der Waals surface area (Å²) in [4.78, 5) is 63.9. The monoisotopic (exact) mass is 568 g/mol. The highest BCUT2D eigenvalue weighted by atomic mass is 35.5. The Kier molecular flexibility index (Phi) is 9.02. The summed E-state index contributed by atoms with van der Waals surface area (Å²) in [7, 11) is 0. The minimum Gasteiger partial charge on any atom is -0.461 e. The van der Waals surface area contributed by atoms with Crippen molar-refractivity contribution in [3.8, 4) is 0 Å². The first-order chi connectivity index (χ1) is 18.1. The van der Waals surface area contributed by atoms with Gasteiger partial charge >= 0.3 is 23.9 Å². The van der Waals surface area contributed by atoms with E-state index >= 15 is 0 Å². The lowest BCUT2D eigenvalue weighted by molar-refractivity contribution is -0.232. The zero-order valence-corrected chi connectivity index (χ0v) is 23.9. The van der Waals surface area contributed by atoms with Gasteiger partial charge in [-0.2, -0.15) is 0 Å². The number of carbonyl (C=O) groups excluding carboxylic acids is 5. The van der Waals surface area contributed by atoms with E-state index in [0.717, 1.165) is 6.92 Å². The maximum Gasteiger partial charge on any atom is 0.312 e. The van der Waals surface area contributed by atoms with Crippen LogP contribution < -0.4 is 0 Å². The molecule has 0 aromatic carbocycles. The lowest BCUT2D eigenvalue weighted by Crippen LogP contribution is -2.69. The van der Waals surface area contributed by atoms with Crippen LogP contribution in [0.4, 0.5) is 0 Å². The van der Waals surface area contributed by atoms with Gasteiger partial charge in [-0.3, -0.25) is 24.0 Å². The second kappa shape index (κ2) is 11.4. The molecule has 0 unspecified atom stereocenters. The number of ketones is 1. The summed E-state index contributed by atoms with van der Waals surface area (Å²) >= 11 is 6.68. The lowest BCUT2D eigenvalue weighted by atomic mass is 9.53. The number of esters is 4.